The number of aromatic nitrogens is 2. The minimum absolute atomic E-state index is 0.0902. The molecular weight excluding hydrogens is 218 g/mol. The van der Waals surface area contributed by atoms with E-state index < -0.39 is 5.91 Å². The third-order valence-corrected chi connectivity index (χ3v) is 2.24. The second-order valence-corrected chi connectivity index (χ2v) is 3.58. The molecule has 0 bridgehead atoms. The van der Waals surface area contributed by atoms with Crippen LogP contribution >= 0.6 is 0 Å². The van der Waals surface area contributed by atoms with E-state index in [0.717, 1.165) is 5.69 Å². The van der Waals surface area contributed by atoms with Gasteiger partial charge in [-0.3, -0.25) is 14.6 Å². The number of nitrogens with one attached hydrogen (secondary N) is 2. The van der Waals surface area contributed by atoms with E-state index in [-0.39, 0.29) is 11.0 Å². The molecular formula is C12H11N3O2. The van der Waals surface area contributed by atoms with Crippen LogP contribution in [0.2, 0.25) is 0 Å². The van der Waals surface area contributed by atoms with Gasteiger partial charge in [-0.2, -0.15) is 0 Å². The Bertz CT molecular complexity index is 590. The van der Waals surface area contributed by atoms with Gasteiger partial charge in [-0.15, -0.1) is 0 Å². The smallest absolute Gasteiger partial charge is 0.261 e. The lowest BCUT2D eigenvalue weighted by molar-refractivity contribution is 0.102. The predicted octanol–water partition coefficient (Wildman–Crippen LogP) is 1.33. The molecule has 0 saturated carbocycles. The third kappa shape index (κ3) is 2.57. The molecule has 86 valence electrons. The van der Waals surface area contributed by atoms with Gasteiger partial charge in [0, 0.05) is 36.0 Å². The van der Waals surface area contributed by atoms with Crippen LogP contribution < -0.4 is 10.7 Å². The first kappa shape index (κ1) is 11.1. The van der Waals surface area contributed by atoms with Gasteiger partial charge in [0.2, 0.25) is 0 Å². The summed E-state index contributed by atoms with van der Waals surface area (Å²) in [7, 11) is 0. The summed E-state index contributed by atoms with van der Waals surface area (Å²) in [6, 6.07) is 4.70. The Morgan fingerprint density at radius 1 is 1.35 bits per heavy atom. The van der Waals surface area contributed by atoms with Gasteiger partial charge < -0.3 is 10.3 Å². The molecule has 0 radical (unpaired) electrons. The van der Waals surface area contributed by atoms with Crippen LogP contribution in [0.4, 0.5) is 5.69 Å². The van der Waals surface area contributed by atoms with Gasteiger partial charge in [0.05, 0.1) is 0 Å². The molecule has 0 fully saturated rings. The minimum atomic E-state index is -0.433. The molecule has 5 nitrogen and oxygen atoms in total. The van der Waals surface area contributed by atoms with Gasteiger partial charge in [0.25, 0.3) is 5.91 Å². The number of hydrogen-bond acceptors (Lipinski definition) is 3. The number of carbonyl (C=O) groups is 1. The number of carbonyl (C=O) groups excluding carboxylic acids is 1. The summed E-state index contributed by atoms with van der Waals surface area (Å²) in [5.41, 5.74) is 1.11. The summed E-state index contributed by atoms with van der Waals surface area (Å²) in [4.78, 5) is 30.0. The van der Waals surface area contributed by atoms with E-state index in [0.29, 0.717) is 5.69 Å². The van der Waals surface area contributed by atoms with Crippen molar-refractivity contribution in [3.8, 4) is 0 Å². The minimum Gasteiger partial charge on any atom is -0.364 e. The molecule has 0 spiro atoms. The molecule has 2 heterocycles. The number of aromatic amines is 1. The maximum absolute atomic E-state index is 11.8. The summed E-state index contributed by atoms with van der Waals surface area (Å²) in [6.45, 7) is 1.76. The SMILES string of the molecule is Cc1cc(=O)c(C(=O)Nc2ccncc2)c[nH]1. The topological polar surface area (TPSA) is 74.8 Å². The summed E-state index contributed by atoms with van der Waals surface area (Å²) in [6.07, 6.45) is 4.54. The van der Waals surface area contributed by atoms with E-state index in [1.54, 1.807) is 31.5 Å². The van der Waals surface area contributed by atoms with Crippen LogP contribution in [-0.4, -0.2) is 15.9 Å². The lowest BCUT2D eigenvalue weighted by atomic mass is 10.2. The number of aryl methyl sites for hydroxylation is 1. The van der Waals surface area contributed by atoms with Crippen LogP contribution in [0.3, 0.4) is 0 Å². The quantitative estimate of drug-likeness (QED) is 0.815. The van der Waals surface area contributed by atoms with Crippen molar-refractivity contribution in [1.82, 2.24) is 9.97 Å². The van der Waals surface area contributed by atoms with Gasteiger partial charge in [-0.05, 0) is 19.1 Å². The maximum atomic E-state index is 11.8. The molecule has 0 aliphatic rings. The van der Waals surface area contributed by atoms with Crippen LogP contribution in [0.25, 0.3) is 0 Å². The zero-order valence-electron chi connectivity index (χ0n) is 9.23. The average molecular weight is 229 g/mol. The monoisotopic (exact) mass is 229 g/mol. The fourth-order valence-corrected chi connectivity index (χ4v) is 1.38. The van der Waals surface area contributed by atoms with Crippen molar-refractivity contribution in [2.24, 2.45) is 0 Å². The fourth-order valence-electron chi connectivity index (χ4n) is 1.38. The molecule has 2 N–H and O–H groups in total. The molecule has 2 aromatic heterocycles. The summed E-state index contributed by atoms with van der Waals surface area (Å²) >= 11 is 0. The van der Waals surface area contributed by atoms with Gasteiger partial charge in [-0.25, -0.2) is 0 Å². The van der Waals surface area contributed by atoms with Crippen LogP contribution in [0.15, 0.2) is 41.6 Å². The Kier molecular flexibility index (Phi) is 3.00. The van der Waals surface area contributed by atoms with Gasteiger partial charge >= 0.3 is 0 Å². The van der Waals surface area contributed by atoms with Crippen molar-refractivity contribution >= 4 is 11.6 Å². The zero-order valence-corrected chi connectivity index (χ0v) is 9.23. The Balaban J connectivity index is 2.24. The lowest BCUT2D eigenvalue weighted by Crippen LogP contribution is -2.21. The van der Waals surface area contributed by atoms with Crippen molar-refractivity contribution in [2.75, 3.05) is 5.32 Å². The van der Waals surface area contributed by atoms with Crippen LogP contribution in [0.5, 0.6) is 0 Å². The lowest BCUT2D eigenvalue weighted by Gasteiger charge is -2.04. The number of pyridine rings is 2. The number of rotatable bonds is 2. The Labute approximate surface area is 97.5 Å². The third-order valence-electron chi connectivity index (χ3n) is 2.24. The summed E-state index contributed by atoms with van der Waals surface area (Å²) < 4.78 is 0. The van der Waals surface area contributed by atoms with E-state index in [2.05, 4.69) is 15.3 Å². The molecule has 0 atom stereocenters. The zero-order chi connectivity index (χ0) is 12.3. The van der Waals surface area contributed by atoms with Crippen molar-refractivity contribution in [3.05, 3.63) is 58.3 Å². The Hall–Kier alpha value is -2.43. The molecule has 2 rings (SSSR count). The highest BCUT2D eigenvalue weighted by molar-refractivity contribution is 6.03. The standard InChI is InChI=1S/C12H11N3O2/c1-8-6-11(16)10(7-14-8)12(17)15-9-2-4-13-5-3-9/h2-7H,1H3,(H,14,16)(H,13,15,17). The summed E-state index contributed by atoms with van der Waals surface area (Å²) in [5.74, 6) is -0.433. The number of anilines is 1. The second kappa shape index (κ2) is 4.61. The van der Waals surface area contributed by atoms with Crippen LogP contribution in [0.1, 0.15) is 16.1 Å². The second-order valence-electron chi connectivity index (χ2n) is 3.58. The van der Waals surface area contributed by atoms with Gasteiger partial charge in [-0.1, -0.05) is 0 Å². The summed E-state index contributed by atoms with van der Waals surface area (Å²) in [5, 5.41) is 2.62. The van der Waals surface area contributed by atoms with Gasteiger partial charge in [0.1, 0.15) is 5.56 Å². The highest BCUT2D eigenvalue weighted by atomic mass is 16.2. The van der Waals surface area contributed by atoms with Crippen molar-refractivity contribution < 1.29 is 4.79 Å². The highest BCUT2D eigenvalue weighted by Gasteiger charge is 2.10. The normalized spacial score (nSPS) is 9.94. The van der Waals surface area contributed by atoms with Crippen molar-refractivity contribution in [3.63, 3.8) is 0 Å². The maximum Gasteiger partial charge on any atom is 0.261 e. The predicted molar refractivity (Wildman–Crippen MR) is 64.0 cm³/mol. The van der Waals surface area contributed by atoms with E-state index in [4.69, 9.17) is 0 Å². The van der Waals surface area contributed by atoms with Crippen LogP contribution in [0, 0.1) is 6.92 Å². The van der Waals surface area contributed by atoms with Crippen molar-refractivity contribution in [1.29, 1.82) is 0 Å². The average Bonchev–Trinajstić information content (AvgIpc) is 2.30. The number of hydrogen-bond donors (Lipinski definition) is 2. The molecule has 0 aromatic carbocycles. The van der Waals surface area contributed by atoms with Crippen LogP contribution in [-0.2, 0) is 0 Å². The first-order valence-corrected chi connectivity index (χ1v) is 5.07. The largest absolute Gasteiger partial charge is 0.364 e. The first-order valence-electron chi connectivity index (χ1n) is 5.07. The Morgan fingerprint density at radius 2 is 2.06 bits per heavy atom. The highest BCUT2D eigenvalue weighted by Crippen LogP contribution is 2.05. The van der Waals surface area contributed by atoms with E-state index in [9.17, 15) is 9.59 Å². The molecule has 0 unspecified atom stereocenters. The van der Waals surface area contributed by atoms with E-state index in [1.807, 2.05) is 0 Å². The molecule has 0 aliphatic carbocycles. The molecule has 2 aromatic rings. The van der Waals surface area contributed by atoms with E-state index >= 15 is 0 Å². The number of H-pyrrole nitrogens is 1. The number of nitrogens with zero attached hydrogens (tertiary/aromatic N) is 1. The van der Waals surface area contributed by atoms with Gasteiger partial charge in [0.15, 0.2) is 5.43 Å². The molecule has 5 heteroatoms. The fraction of sp³-hybridized carbons (Fsp3) is 0.0833. The molecule has 0 saturated heterocycles. The molecule has 17 heavy (non-hydrogen) atoms. The van der Waals surface area contributed by atoms with Crippen molar-refractivity contribution in [2.45, 2.75) is 6.92 Å². The molecule has 1 amide bonds. The molecule has 0 aliphatic heterocycles. The Morgan fingerprint density at radius 3 is 2.71 bits per heavy atom. The number of amides is 1. The van der Waals surface area contributed by atoms with E-state index in [1.165, 1.54) is 12.3 Å². The first-order chi connectivity index (χ1) is 8.16.